The van der Waals surface area contributed by atoms with Gasteiger partial charge in [0, 0.05) is 38.4 Å². The van der Waals surface area contributed by atoms with E-state index in [1.165, 1.54) is 18.1 Å². The van der Waals surface area contributed by atoms with E-state index in [1.54, 1.807) is 6.07 Å². The molecule has 1 atom stereocenters. The fourth-order valence-corrected chi connectivity index (χ4v) is 3.83. The van der Waals surface area contributed by atoms with E-state index in [-0.39, 0.29) is 17.9 Å². The highest BCUT2D eigenvalue weighted by molar-refractivity contribution is 5.98. The largest absolute Gasteiger partial charge is 0.472 e. The zero-order chi connectivity index (χ0) is 18.1. The maximum atomic E-state index is 13.0. The highest BCUT2D eigenvalue weighted by Gasteiger charge is 2.33. The first-order valence-corrected chi connectivity index (χ1v) is 9.10. The molecule has 6 nitrogen and oxygen atoms in total. The van der Waals surface area contributed by atoms with E-state index in [4.69, 9.17) is 4.42 Å². The molecule has 2 amide bonds. The SMILES string of the molecule is CC(C(=O)N1CCc2ccccc21)N1CCN(C(=O)c2ccoc2)CC1. The van der Waals surface area contributed by atoms with Crippen molar-refractivity contribution in [2.24, 2.45) is 0 Å². The van der Waals surface area contributed by atoms with E-state index in [1.807, 2.05) is 34.9 Å². The van der Waals surface area contributed by atoms with Gasteiger partial charge in [0.25, 0.3) is 5.91 Å². The Labute approximate surface area is 153 Å². The monoisotopic (exact) mass is 353 g/mol. The van der Waals surface area contributed by atoms with Gasteiger partial charge in [-0.3, -0.25) is 14.5 Å². The number of anilines is 1. The summed E-state index contributed by atoms with van der Waals surface area (Å²) in [7, 11) is 0. The number of amides is 2. The minimum atomic E-state index is -0.188. The average Bonchev–Trinajstić information content (AvgIpc) is 3.36. The van der Waals surface area contributed by atoms with E-state index in [9.17, 15) is 9.59 Å². The number of hydrogen-bond acceptors (Lipinski definition) is 4. The summed E-state index contributed by atoms with van der Waals surface area (Å²) in [5, 5.41) is 0. The van der Waals surface area contributed by atoms with Gasteiger partial charge in [-0.2, -0.15) is 0 Å². The van der Waals surface area contributed by atoms with Gasteiger partial charge in [-0.15, -0.1) is 0 Å². The molecular weight excluding hydrogens is 330 g/mol. The zero-order valence-electron chi connectivity index (χ0n) is 14.9. The van der Waals surface area contributed by atoms with Crippen molar-refractivity contribution in [3.05, 3.63) is 54.0 Å². The molecule has 1 unspecified atom stereocenters. The third kappa shape index (κ3) is 3.01. The number of nitrogens with zero attached hydrogens (tertiary/aromatic N) is 3. The van der Waals surface area contributed by atoms with Crippen LogP contribution in [0.3, 0.4) is 0 Å². The second-order valence-electron chi connectivity index (χ2n) is 6.88. The summed E-state index contributed by atoms with van der Waals surface area (Å²) >= 11 is 0. The summed E-state index contributed by atoms with van der Waals surface area (Å²) in [4.78, 5) is 31.3. The van der Waals surface area contributed by atoms with Crippen LogP contribution < -0.4 is 4.90 Å². The van der Waals surface area contributed by atoms with Gasteiger partial charge in [0.1, 0.15) is 6.26 Å². The molecule has 1 aromatic carbocycles. The molecule has 3 heterocycles. The molecule has 0 N–H and O–H groups in total. The van der Waals surface area contributed by atoms with Crippen molar-refractivity contribution in [3.63, 3.8) is 0 Å². The fraction of sp³-hybridized carbons (Fsp3) is 0.400. The van der Waals surface area contributed by atoms with Crippen LogP contribution in [0.25, 0.3) is 0 Å². The molecule has 0 radical (unpaired) electrons. The Morgan fingerprint density at radius 2 is 1.81 bits per heavy atom. The van der Waals surface area contributed by atoms with Crippen LogP contribution in [-0.2, 0) is 11.2 Å². The summed E-state index contributed by atoms with van der Waals surface area (Å²) in [5.41, 5.74) is 2.86. The van der Waals surface area contributed by atoms with E-state index in [0.717, 1.165) is 18.7 Å². The van der Waals surface area contributed by atoms with Gasteiger partial charge in [-0.1, -0.05) is 18.2 Å². The fourth-order valence-electron chi connectivity index (χ4n) is 3.83. The van der Waals surface area contributed by atoms with Crippen LogP contribution in [0.5, 0.6) is 0 Å². The quantitative estimate of drug-likeness (QED) is 0.847. The van der Waals surface area contributed by atoms with Crippen molar-refractivity contribution in [1.29, 1.82) is 0 Å². The molecule has 2 aliphatic rings. The number of fused-ring (bicyclic) bond motifs is 1. The summed E-state index contributed by atoms with van der Waals surface area (Å²) < 4.78 is 4.99. The Bertz CT molecular complexity index is 794. The number of carbonyl (C=O) groups is 2. The number of rotatable bonds is 3. The minimum Gasteiger partial charge on any atom is -0.472 e. The van der Waals surface area contributed by atoms with Gasteiger partial charge in [-0.05, 0) is 31.0 Å². The highest BCUT2D eigenvalue weighted by Crippen LogP contribution is 2.28. The van der Waals surface area contributed by atoms with Crippen molar-refractivity contribution >= 4 is 17.5 Å². The predicted molar refractivity (Wildman–Crippen MR) is 98.1 cm³/mol. The number of benzene rings is 1. The van der Waals surface area contributed by atoms with E-state index >= 15 is 0 Å². The number of piperazine rings is 1. The number of para-hydroxylation sites is 1. The van der Waals surface area contributed by atoms with Crippen molar-refractivity contribution in [2.45, 2.75) is 19.4 Å². The molecule has 2 aliphatic heterocycles. The van der Waals surface area contributed by atoms with Crippen LogP contribution in [0, 0.1) is 0 Å². The normalized spacial score (nSPS) is 18.7. The molecule has 2 aromatic rings. The Balaban J connectivity index is 1.37. The molecule has 1 fully saturated rings. The second kappa shape index (κ2) is 6.96. The average molecular weight is 353 g/mol. The predicted octanol–water partition coefficient (Wildman–Crippen LogP) is 2.02. The first kappa shape index (κ1) is 16.8. The topological polar surface area (TPSA) is 57.0 Å². The number of hydrogen-bond donors (Lipinski definition) is 0. The maximum absolute atomic E-state index is 13.0. The van der Waals surface area contributed by atoms with Crippen LogP contribution in [0.15, 0.2) is 47.3 Å². The molecule has 6 heteroatoms. The summed E-state index contributed by atoms with van der Waals surface area (Å²) in [6, 6.07) is 9.61. The standard InChI is InChI=1S/C20H23N3O3/c1-15(19(24)23-8-6-16-4-2-3-5-18(16)23)21-9-11-22(12-10-21)20(25)17-7-13-26-14-17/h2-5,7,13-15H,6,8-12H2,1H3. The molecule has 0 aliphatic carbocycles. The van der Waals surface area contributed by atoms with Crippen LogP contribution in [-0.4, -0.2) is 60.4 Å². The van der Waals surface area contributed by atoms with Crippen LogP contribution in [0.4, 0.5) is 5.69 Å². The van der Waals surface area contributed by atoms with Crippen LogP contribution in [0.1, 0.15) is 22.8 Å². The molecule has 1 aromatic heterocycles. The third-order valence-corrected chi connectivity index (χ3v) is 5.43. The molecule has 4 rings (SSSR count). The Kier molecular flexibility index (Phi) is 4.51. The maximum Gasteiger partial charge on any atom is 0.257 e. The number of furan rings is 1. The van der Waals surface area contributed by atoms with Gasteiger partial charge < -0.3 is 14.2 Å². The third-order valence-electron chi connectivity index (χ3n) is 5.43. The molecule has 26 heavy (non-hydrogen) atoms. The lowest BCUT2D eigenvalue weighted by Crippen LogP contribution is -2.55. The lowest BCUT2D eigenvalue weighted by molar-refractivity contribution is -0.123. The first-order valence-electron chi connectivity index (χ1n) is 9.10. The van der Waals surface area contributed by atoms with Crippen molar-refractivity contribution in [3.8, 4) is 0 Å². The molecule has 0 saturated carbocycles. The van der Waals surface area contributed by atoms with Gasteiger partial charge in [0.2, 0.25) is 5.91 Å². The Hall–Kier alpha value is -2.60. The van der Waals surface area contributed by atoms with Crippen molar-refractivity contribution in [2.75, 3.05) is 37.6 Å². The van der Waals surface area contributed by atoms with Gasteiger partial charge >= 0.3 is 0 Å². The summed E-state index contributed by atoms with van der Waals surface area (Å²) in [5.74, 6) is 0.135. The van der Waals surface area contributed by atoms with Crippen molar-refractivity contribution < 1.29 is 14.0 Å². The molecular formula is C20H23N3O3. The summed E-state index contributed by atoms with van der Waals surface area (Å²) in [6.45, 7) is 5.37. The van der Waals surface area contributed by atoms with Gasteiger partial charge in [-0.25, -0.2) is 0 Å². The lowest BCUT2D eigenvalue weighted by Gasteiger charge is -2.38. The highest BCUT2D eigenvalue weighted by atomic mass is 16.3. The lowest BCUT2D eigenvalue weighted by atomic mass is 10.1. The van der Waals surface area contributed by atoms with Gasteiger partial charge in [0.15, 0.2) is 0 Å². The molecule has 136 valence electrons. The van der Waals surface area contributed by atoms with Crippen molar-refractivity contribution in [1.82, 2.24) is 9.80 Å². The molecule has 0 bridgehead atoms. The second-order valence-corrected chi connectivity index (χ2v) is 6.88. The summed E-state index contributed by atoms with van der Waals surface area (Å²) in [6.07, 6.45) is 3.91. The smallest absolute Gasteiger partial charge is 0.257 e. The zero-order valence-corrected chi connectivity index (χ0v) is 14.9. The van der Waals surface area contributed by atoms with Crippen LogP contribution >= 0.6 is 0 Å². The minimum absolute atomic E-state index is 0.00847. The van der Waals surface area contributed by atoms with E-state index in [2.05, 4.69) is 11.0 Å². The Morgan fingerprint density at radius 1 is 1.04 bits per heavy atom. The van der Waals surface area contributed by atoms with E-state index in [0.29, 0.717) is 31.7 Å². The first-order chi connectivity index (χ1) is 12.6. The number of carbonyl (C=O) groups excluding carboxylic acids is 2. The van der Waals surface area contributed by atoms with Gasteiger partial charge in [0.05, 0.1) is 17.9 Å². The van der Waals surface area contributed by atoms with E-state index < -0.39 is 0 Å². The van der Waals surface area contributed by atoms with Crippen LogP contribution in [0.2, 0.25) is 0 Å². The molecule has 1 saturated heterocycles. The molecule has 0 spiro atoms. The Morgan fingerprint density at radius 3 is 2.54 bits per heavy atom.